The molecule has 0 saturated carbocycles. The van der Waals surface area contributed by atoms with Gasteiger partial charge in [0.15, 0.2) is 0 Å². The van der Waals surface area contributed by atoms with Gasteiger partial charge < -0.3 is 15.4 Å². The van der Waals surface area contributed by atoms with E-state index in [-0.39, 0.29) is 11.8 Å². The van der Waals surface area contributed by atoms with Gasteiger partial charge in [-0.15, -0.1) is 0 Å². The highest BCUT2D eigenvalue weighted by molar-refractivity contribution is 5.97. The number of hydrogen-bond acceptors (Lipinski definition) is 3. The summed E-state index contributed by atoms with van der Waals surface area (Å²) < 4.78 is 5.29. The molecule has 0 heterocycles. The number of aryl methyl sites for hydroxylation is 2. The van der Waals surface area contributed by atoms with E-state index in [1.807, 2.05) is 56.3 Å². The summed E-state index contributed by atoms with van der Waals surface area (Å²) in [5.41, 5.74) is 3.75. The van der Waals surface area contributed by atoms with Crippen molar-refractivity contribution < 1.29 is 14.3 Å². The van der Waals surface area contributed by atoms with Crippen molar-refractivity contribution in [2.45, 2.75) is 20.0 Å². The molecule has 0 unspecified atom stereocenters. The molecule has 2 N–H and O–H groups in total. The van der Waals surface area contributed by atoms with Crippen molar-refractivity contribution in [3.63, 3.8) is 0 Å². The molecular formula is C24H24N2O3. The molecule has 3 aromatic rings. The molecule has 5 heteroatoms. The highest BCUT2D eigenvalue weighted by Crippen LogP contribution is 2.19. The number of nitrogens with one attached hydrogen (secondary N) is 2. The Morgan fingerprint density at radius 3 is 1.76 bits per heavy atom. The maximum Gasteiger partial charge on any atom is 0.253 e. The minimum Gasteiger partial charge on any atom is -0.497 e. The van der Waals surface area contributed by atoms with Crippen molar-refractivity contribution in [3.8, 4) is 5.75 Å². The summed E-state index contributed by atoms with van der Waals surface area (Å²) >= 11 is 0. The van der Waals surface area contributed by atoms with E-state index in [9.17, 15) is 9.59 Å². The van der Waals surface area contributed by atoms with Crippen LogP contribution in [0.1, 0.15) is 43.6 Å². The van der Waals surface area contributed by atoms with Gasteiger partial charge in [-0.2, -0.15) is 0 Å². The molecule has 148 valence electrons. The van der Waals surface area contributed by atoms with E-state index in [1.165, 1.54) is 0 Å². The van der Waals surface area contributed by atoms with Crippen LogP contribution in [0.25, 0.3) is 0 Å². The lowest BCUT2D eigenvalue weighted by Crippen LogP contribution is -2.41. The molecule has 0 aliphatic rings. The number of benzene rings is 3. The minimum absolute atomic E-state index is 0.272. The molecule has 0 fully saturated rings. The lowest BCUT2D eigenvalue weighted by molar-refractivity contribution is 0.0883. The van der Waals surface area contributed by atoms with E-state index >= 15 is 0 Å². The summed E-state index contributed by atoms with van der Waals surface area (Å²) in [6.45, 7) is 3.85. The fourth-order valence-electron chi connectivity index (χ4n) is 3.03. The zero-order valence-corrected chi connectivity index (χ0v) is 16.7. The Hall–Kier alpha value is -3.60. The van der Waals surface area contributed by atoms with Gasteiger partial charge in [0, 0.05) is 11.1 Å². The van der Waals surface area contributed by atoms with Crippen LogP contribution in [0.5, 0.6) is 5.75 Å². The average molecular weight is 388 g/mol. The Morgan fingerprint density at radius 1 is 0.759 bits per heavy atom. The molecule has 0 saturated heterocycles. The zero-order valence-electron chi connectivity index (χ0n) is 16.7. The predicted molar refractivity (Wildman–Crippen MR) is 113 cm³/mol. The normalized spacial score (nSPS) is 10.5. The van der Waals surface area contributed by atoms with Gasteiger partial charge in [0.2, 0.25) is 0 Å². The van der Waals surface area contributed by atoms with Crippen LogP contribution in [-0.4, -0.2) is 18.9 Å². The van der Waals surface area contributed by atoms with Gasteiger partial charge >= 0.3 is 0 Å². The van der Waals surface area contributed by atoms with Crippen molar-refractivity contribution in [1.82, 2.24) is 10.6 Å². The fraction of sp³-hybridized carbons (Fsp3) is 0.167. The fourth-order valence-corrected chi connectivity index (χ4v) is 3.03. The molecule has 0 spiro atoms. The number of hydrogen-bond donors (Lipinski definition) is 2. The monoisotopic (exact) mass is 388 g/mol. The van der Waals surface area contributed by atoms with Crippen LogP contribution in [0, 0.1) is 13.8 Å². The molecule has 29 heavy (non-hydrogen) atoms. The number of carbonyl (C=O) groups excluding carboxylic acids is 2. The van der Waals surface area contributed by atoms with Crippen LogP contribution in [0.15, 0.2) is 72.8 Å². The molecular weight excluding hydrogens is 364 g/mol. The molecule has 0 aliphatic carbocycles. The second-order valence-electron chi connectivity index (χ2n) is 6.90. The summed E-state index contributed by atoms with van der Waals surface area (Å²) in [6.07, 6.45) is -0.717. The summed E-state index contributed by atoms with van der Waals surface area (Å²) in [5, 5.41) is 5.83. The van der Waals surface area contributed by atoms with E-state index in [1.54, 1.807) is 37.4 Å². The summed E-state index contributed by atoms with van der Waals surface area (Å²) in [4.78, 5) is 25.6. The van der Waals surface area contributed by atoms with Gasteiger partial charge in [-0.3, -0.25) is 9.59 Å². The van der Waals surface area contributed by atoms with Gasteiger partial charge in [0.05, 0.1) is 7.11 Å². The van der Waals surface area contributed by atoms with Crippen LogP contribution in [0.2, 0.25) is 0 Å². The molecule has 0 radical (unpaired) electrons. The first-order valence-electron chi connectivity index (χ1n) is 9.35. The Morgan fingerprint density at radius 2 is 1.28 bits per heavy atom. The smallest absolute Gasteiger partial charge is 0.253 e. The highest BCUT2D eigenvalue weighted by atomic mass is 16.5. The van der Waals surface area contributed by atoms with Crippen LogP contribution in [0.4, 0.5) is 0 Å². The molecule has 0 aliphatic heterocycles. The van der Waals surface area contributed by atoms with Crippen molar-refractivity contribution in [3.05, 3.63) is 101 Å². The topological polar surface area (TPSA) is 67.4 Å². The second-order valence-corrected chi connectivity index (χ2v) is 6.90. The van der Waals surface area contributed by atoms with Gasteiger partial charge in [0.25, 0.3) is 11.8 Å². The number of rotatable bonds is 6. The number of ether oxygens (including phenoxy) is 1. The summed E-state index contributed by atoms with van der Waals surface area (Å²) in [5.74, 6) is 0.0965. The summed E-state index contributed by atoms with van der Waals surface area (Å²) in [7, 11) is 1.57. The Labute approximate surface area is 170 Å². The van der Waals surface area contributed by atoms with Gasteiger partial charge in [-0.1, -0.05) is 47.5 Å². The quantitative estimate of drug-likeness (QED) is 0.623. The van der Waals surface area contributed by atoms with Crippen LogP contribution >= 0.6 is 0 Å². The van der Waals surface area contributed by atoms with E-state index in [0.29, 0.717) is 22.4 Å². The number of carbonyl (C=O) groups is 2. The standard InChI is InChI=1S/C24H24N2O3/c1-16-7-4-10-19(13-16)23(27)25-22(18-9-6-12-21(15-18)29-3)26-24(28)20-11-5-8-17(2)14-20/h4-15,22H,1-3H3,(H,25,27)(H,26,28). The first kappa shape index (κ1) is 20.1. The SMILES string of the molecule is COc1cccc(C(NC(=O)c2cccc(C)c2)NC(=O)c2cccc(C)c2)c1. The molecule has 3 rings (SSSR count). The van der Waals surface area contributed by atoms with Crippen LogP contribution in [-0.2, 0) is 0 Å². The highest BCUT2D eigenvalue weighted by Gasteiger charge is 2.19. The second kappa shape index (κ2) is 9.06. The Bertz CT molecular complexity index is 970. The van der Waals surface area contributed by atoms with E-state index in [0.717, 1.165) is 11.1 Å². The van der Waals surface area contributed by atoms with Crippen molar-refractivity contribution in [1.29, 1.82) is 0 Å². The zero-order chi connectivity index (χ0) is 20.8. The third-order valence-electron chi connectivity index (χ3n) is 4.54. The Balaban J connectivity index is 1.88. The minimum atomic E-state index is -0.717. The molecule has 2 amide bonds. The van der Waals surface area contributed by atoms with Gasteiger partial charge in [0.1, 0.15) is 11.9 Å². The third kappa shape index (κ3) is 5.23. The number of amides is 2. The third-order valence-corrected chi connectivity index (χ3v) is 4.54. The Kier molecular flexibility index (Phi) is 6.29. The maximum atomic E-state index is 12.8. The average Bonchev–Trinajstić information content (AvgIpc) is 2.73. The number of methoxy groups -OCH3 is 1. The molecule has 0 bridgehead atoms. The summed E-state index contributed by atoms with van der Waals surface area (Å²) in [6, 6.07) is 21.9. The first-order valence-corrected chi connectivity index (χ1v) is 9.35. The molecule has 3 aromatic carbocycles. The lowest BCUT2D eigenvalue weighted by atomic mass is 10.1. The van der Waals surface area contributed by atoms with Gasteiger partial charge in [-0.05, 0) is 55.8 Å². The van der Waals surface area contributed by atoms with E-state index in [4.69, 9.17) is 4.74 Å². The molecule has 5 nitrogen and oxygen atoms in total. The van der Waals surface area contributed by atoms with Crippen LogP contribution < -0.4 is 15.4 Å². The predicted octanol–water partition coefficient (Wildman–Crippen LogP) is 4.17. The van der Waals surface area contributed by atoms with Gasteiger partial charge in [-0.25, -0.2) is 0 Å². The van der Waals surface area contributed by atoms with Crippen molar-refractivity contribution in [2.24, 2.45) is 0 Å². The molecule has 0 aromatic heterocycles. The maximum absolute atomic E-state index is 12.8. The molecule has 0 atom stereocenters. The largest absolute Gasteiger partial charge is 0.497 e. The first-order chi connectivity index (χ1) is 14.0. The van der Waals surface area contributed by atoms with E-state index in [2.05, 4.69) is 10.6 Å². The van der Waals surface area contributed by atoms with E-state index < -0.39 is 6.17 Å². The van der Waals surface area contributed by atoms with Crippen LogP contribution in [0.3, 0.4) is 0 Å². The lowest BCUT2D eigenvalue weighted by Gasteiger charge is -2.21. The van der Waals surface area contributed by atoms with Crippen molar-refractivity contribution in [2.75, 3.05) is 7.11 Å². The van der Waals surface area contributed by atoms with Crippen molar-refractivity contribution >= 4 is 11.8 Å².